The molecule has 0 radical (unpaired) electrons. The van der Waals surface area contributed by atoms with E-state index < -0.39 is 0 Å². The zero-order chi connectivity index (χ0) is 89.8. The molecule has 10 heteroatoms. The van der Waals surface area contributed by atoms with E-state index in [2.05, 4.69) is 483 Å². The molecule has 26 rings (SSSR count). The molecule has 0 unspecified atom stereocenters. The first kappa shape index (κ1) is 79.1. The number of fused-ring (bicyclic) bond motifs is 18. The predicted molar refractivity (Wildman–Crippen MR) is 561 cm³/mol. The lowest BCUT2D eigenvalue weighted by Crippen LogP contribution is -2.02. The summed E-state index contributed by atoms with van der Waals surface area (Å²) in [7, 11) is 0. The Bertz CT molecular complexity index is 8690. The highest BCUT2D eigenvalue weighted by Gasteiger charge is 2.27. The van der Waals surface area contributed by atoms with Gasteiger partial charge in [-0.05, 0) is 258 Å². The molecule has 0 saturated heterocycles. The fourth-order valence-corrected chi connectivity index (χ4v) is 21.7. The molecule has 0 saturated carbocycles. The highest BCUT2D eigenvalue weighted by atomic mass is 15.0. The smallest absolute Gasteiger partial charge is 0.160 e. The quantitative estimate of drug-likeness (QED) is 0.122. The average molecular weight is 1720 g/mol. The summed E-state index contributed by atoms with van der Waals surface area (Å²) < 4.78 is 14.6. The standard InChI is InChI=1S/2C62H45N5/c1-38-17-5-7-19-44(38)53-37-54(64-62(63-53)45-20-8-6-18-39(45)2)50-33-41(4)61(34-40(50)3)67-59-31-29-42(65-55-25-13-9-21-46(55)47-22-10-14-26-56(47)65)35-51(59)52-36-43(30-32-60(52)67)66-57-27-15-11-23-48(57)49-24-12-16-28-58(49)66;1-38-17-5-7-19-45(38)53-37-54(64-62(63-53)46-20-8-6-18-39(46)2)61-40(3)33-44(34-41(61)4)67-59-31-29-42(65-55-25-13-9-21-47(55)48-22-10-14-26-56(48)65)35-51(59)52-36-43(30-32-60(52)67)66-57-27-15-11-23-49(57)50-24-12-16-28-58(50)66/h2*5-37H,1-4H3. The zero-order valence-corrected chi connectivity index (χ0v) is 75.6. The second-order valence-corrected chi connectivity index (χ2v) is 36.0. The minimum Gasteiger partial charge on any atom is -0.309 e. The second-order valence-electron chi connectivity index (χ2n) is 36.0. The van der Waals surface area contributed by atoms with Gasteiger partial charge in [0, 0.05) is 132 Å². The number of para-hydroxylation sites is 8. The first-order chi connectivity index (χ1) is 65.8. The molecule has 0 amide bonds. The lowest BCUT2D eigenvalue weighted by Gasteiger charge is -2.17. The summed E-state index contributed by atoms with van der Waals surface area (Å²) >= 11 is 0. The molecule has 134 heavy (non-hydrogen) atoms. The molecule has 0 atom stereocenters. The van der Waals surface area contributed by atoms with Crippen LogP contribution in [0.1, 0.15) is 44.5 Å². The van der Waals surface area contributed by atoms with E-state index in [0.717, 1.165) is 157 Å². The molecular formula is C124H90N10. The Hall–Kier alpha value is -17.1. The largest absolute Gasteiger partial charge is 0.309 e. The summed E-state index contributed by atoms with van der Waals surface area (Å²) in [5.74, 6) is 1.47. The number of hydrogen-bond acceptors (Lipinski definition) is 4. The molecule has 8 aromatic heterocycles. The normalized spacial score (nSPS) is 11.9. The van der Waals surface area contributed by atoms with E-state index in [4.69, 9.17) is 19.9 Å². The molecule has 0 bridgehead atoms. The average Bonchev–Trinajstić information content (AvgIpc) is 1.56. The van der Waals surface area contributed by atoms with Crippen molar-refractivity contribution >= 4 is 131 Å². The van der Waals surface area contributed by atoms with Crippen molar-refractivity contribution in [1.29, 1.82) is 0 Å². The fourth-order valence-electron chi connectivity index (χ4n) is 21.7. The number of benzene rings is 18. The van der Waals surface area contributed by atoms with Crippen molar-refractivity contribution in [2.24, 2.45) is 0 Å². The van der Waals surface area contributed by atoms with Crippen LogP contribution < -0.4 is 0 Å². The molecule has 636 valence electrons. The topological polar surface area (TPSA) is 81.1 Å². The van der Waals surface area contributed by atoms with E-state index in [-0.39, 0.29) is 0 Å². The van der Waals surface area contributed by atoms with Gasteiger partial charge in [-0.25, -0.2) is 19.9 Å². The van der Waals surface area contributed by atoms with Crippen LogP contribution in [-0.2, 0) is 0 Å². The van der Waals surface area contributed by atoms with Gasteiger partial charge in [0.25, 0.3) is 0 Å². The van der Waals surface area contributed by atoms with E-state index >= 15 is 0 Å². The third kappa shape index (κ3) is 12.7. The molecule has 18 aromatic carbocycles. The summed E-state index contributed by atoms with van der Waals surface area (Å²) in [6, 6.07) is 146. The number of rotatable bonds is 12. The number of hydrogen-bond donors (Lipinski definition) is 0. The van der Waals surface area contributed by atoms with E-state index in [0.29, 0.717) is 0 Å². The van der Waals surface area contributed by atoms with Crippen LogP contribution in [0.5, 0.6) is 0 Å². The molecule has 0 fully saturated rings. The van der Waals surface area contributed by atoms with E-state index in [9.17, 15) is 0 Å². The van der Waals surface area contributed by atoms with E-state index in [1.807, 2.05) is 0 Å². The molecule has 0 spiro atoms. The first-order valence-corrected chi connectivity index (χ1v) is 46.2. The third-order valence-electron chi connectivity index (χ3n) is 28.0. The Morgan fingerprint density at radius 1 is 0.149 bits per heavy atom. The van der Waals surface area contributed by atoms with Gasteiger partial charge in [0.1, 0.15) is 0 Å². The van der Waals surface area contributed by atoms with Crippen molar-refractivity contribution in [3.8, 4) is 102 Å². The second kappa shape index (κ2) is 31.4. The molecule has 0 aliphatic carbocycles. The van der Waals surface area contributed by atoms with Gasteiger partial charge in [-0.3, -0.25) is 0 Å². The van der Waals surface area contributed by atoms with Crippen molar-refractivity contribution in [2.75, 3.05) is 0 Å². The maximum atomic E-state index is 5.34. The molecule has 0 aliphatic rings. The van der Waals surface area contributed by atoms with Crippen LogP contribution in [0.2, 0.25) is 0 Å². The Balaban J connectivity index is 0.000000143. The minimum absolute atomic E-state index is 0.732. The van der Waals surface area contributed by atoms with Gasteiger partial charge >= 0.3 is 0 Å². The predicted octanol–water partition coefficient (Wildman–Crippen LogP) is 32.0. The lowest BCUT2D eigenvalue weighted by molar-refractivity contribution is 1.13. The maximum absolute atomic E-state index is 5.34. The van der Waals surface area contributed by atoms with Gasteiger partial charge in [-0.2, -0.15) is 0 Å². The molecule has 0 N–H and O–H groups in total. The molecular weight excluding hydrogens is 1630 g/mol. The van der Waals surface area contributed by atoms with E-state index in [1.165, 1.54) is 120 Å². The summed E-state index contributed by atoms with van der Waals surface area (Å²) in [4.78, 5) is 21.1. The van der Waals surface area contributed by atoms with Gasteiger partial charge in [-0.15, -0.1) is 0 Å². The Labute approximate surface area is 775 Å². The Morgan fingerprint density at radius 3 is 0.694 bits per heavy atom. The van der Waals surface area contributed by atoms with Crippen molar-refractivity contribution in [1.82, 2.24) is 47.3 Å². The van der Waals surface area contributed by atoms with Crippen LogP contribution in [0, 0.1) is 55.4 Å². The Kier molecular flexibility index (Phi) is 18.5. The summed E-state index contributed by atoms with van der Waals surface area (Å²) in [5, 5.41) is 14.8. The number of nitrogens with zero attached hydrogens (tertiary/aromatic N) is 10. The summed E-state index contributed by atoms with van der Waals surface area (Å²) in [6.07, 6.45) is 0. The van der Waals surface area contributed by atoms with Crippen molar-refractivity contribution < 1.29 is 0 Å². The van der Waals surface area contributed by atoms with Gasteiger partial charge in [-0.1, -0.05) is 243 Å². The lowest BCUT2D eigenvalue weighted by atomic mass is 9.96. The van der Waals surface area contributed by atoms with Crippen LogP contribution >= 0.6 is 0 Å². The molecule has 26 aromatic rings. The van der Waals surface area contributed by atoms with Gasteiger partial charge in [0.05, 0.1) is 89.0 Å². The van der Waals surface area contributed by atoms with Gasteiger partial charge in [0.15, 0.2) is 11.6 Å². The maximum Gasteiger partial charge on any atom is 0.160 e. The number of aryl methyl sites for hydroxylation is 8. The van der Waals surface area contributed by atoms with E-state index in [1.54, 1.807) is 0 Å². The third-order valence-corrected chi connectivity index (χ3v) is 28.0. The molecule has 10 nitrogen and oxygen atoms in total. The summed E-state index contributed by atoms with van der Waals surface area (Å²) in [5.41, 5.74) is 40.4. The minimum atomic E-state index is 0.732. The van der Waals surface area contributed by atoms with Gasteiger partial charge in [0.2, 0.25) is 0 Å². The monoisotopic (exact) mass is 1720 g/mol. The van der Waals surface area contributed by atoms with Crippen LogP contribution in [0.3, 0.4) is 0 Å². The van der Waals surface area contributed by atoms with Crippen LogP contribution in [0.25, 0.3) is 233 Å². The zero-order valence-electron chi connectivity index (χ0n) is 75.6. The highest BCUT2D eigenvalue weighted by molar-refractivity contribution is 6.17. The first-order valence-electron chi connectivity index (χ1n) is 46.2. The summed E-state index contributed by atoms with van der Waals surface area (Å²) in [6.45, 7) is 17.5. The molecule has 8 heterocycles. The van der Waals surface area contributed by atoms with Gasteiger partial charge < -0.3 is 27.4 Å². The molecule has 0 aliphatic heterocycles. The highest BCUT2D eigenvalue weighted by Crippen LogP contribution is 2.46. The van der Waals surface area contributed by atoms with Crippen molar-refractivity contribution in [3.05, 3.63) is 445 Å². The number of aromatic nitrogens is 10. The van der Waals surface area contributed by atoms with Crippen LogP contribution in [0.15, 0.2) is 400 Å². The fraction of sp³-hybridized carbons (Fsp3) is 0.0645. The Morgan fingerprint density at radius 2 is 0.388 bits per heavy atom. The van der Waals surface area contributed by atoms with Crippen molar-refractivity contribution in [2.45, 2.75) is 55.4 Å². The SMILES string of the molecule is Cc1ccccc1-c1cc(-c2c(C)cc(-n3c4ccc(-n5c6ccccc6c6ccccc65)cc4c4cc(-n5c6ccccc6c6ccccc65)ccc43)cc2C)nc(-c2ccccc2C)n1.Cc1ccccc1-c1cc(-c2cc(C)c(-n3c4ccc(-n5c6ccccc6c6ccccc65)cc4c4cc(-n5c6ccccc6c6ccccc65)ccc43)cc2C)nc(-c2ccccc2C)n1. The van der Waals surface area contributed by atoms with Crippen LogP contribution in [0.4, 0.5) is 0 Å². The van der Waals surface area contributed by atoms with Crippen molar-refractivity contribution in [3.63, 3.8) is 0 Å². The van der Waals surface area contributed by atoms with Crippen LogP contribution in [-0.4, -0.2) is 47.3 Å².